The average molecular weight is 253 g/mol. The van der Waals surface area contributed by atoms with Crippen molar-refractivity contribution in [3.05, 3.63) is 35.6 Å². The van der Waals surface area contributed by atoms with Crippen molar-refractivity contribution in [2.24, 2.45) is 5.92 Å². The van der Waals surface area contributed by atoms with Crippen LogP contribution >= 0.6 is 0 Å². The molecule has 0 saturated heterocycles. The Morgan fingerprint density at radius 1 is 1.17 bits per heavy atom. The van der Waals surface area contributed by atoms with E-state index in [4.69, 9.17) is 4.74 Å². The minimum atomic E-state index is -0.194. The molecule has 3 heteroatoms. The lowest BCUT2D eigenvalue weighted by Gasteiger charge is -2.26. The van der Waals surface area contributed by atoms with Gasteiger partial charge in [-0.1, -0.05) is 26.0 Å². The second kappa shape index (κ2) is 7.49. The summed E-state index contributed by atoms with van der Waals surface area (Å²) in [6.07, 6.45) is 0. The van der Waals surface area contributed by atoms with Crippen molar-refractivity contribution in [2.75, 3.05) is 13.2 Å². The highest BCUT2D eigenvalue weighted by Crippen LogP contribution is 2.15. The highest BCUT2D eigenvalue weighted by atomic mass is 19.1. The van der Waals surface area contributed by atoms with Gasteiger partial charge < -0.3 is 10.1 Å². The molecule has 18 heavy (non-hydrogen) atoms. The highest BCUT2D eigenvalue weighted by molar-refractivity contribution is 5.19. The molecule has 0 saturated carbocycles. The van der Waals surface area contributed by atoms with Crippen molar-refractivity contribution in [3.63, 3.8) is 0 Å². The molecule has 0 radical (unpaired) electrons. The fraction of sp³-hybridized carbons (Fsp3) is 0.600. The molecule has 0 fully saturated rings. The molecule has 0 spiro atoms. The summed E-state index contributed by atoms with van der Waals surface area (Å²) >= 11 is 0. The maximum atomic E-state index is 12.9. The van der Waals surface area contributed by atoms with Crippen LogP contribution in [0, 0.1) is 11.7 Å². The lowest BCUT2D eigenvalue weighted by Crippen LogP contribution is -2.39. The molecule has 0 aliphatic heterocycles. The van der Waals surface area contributed by atoms with Gasteiger partial charge in [0.05, 0.1) is 6.61 Å². The molecule has 1 rings (SSSR count). The zero-order valence-corrected chi connectivity index (χ0v) is 11.7. The van der Waals surface area contributed by atoms with Crippen molar-refractivity contribution in [1.82, 2.24) is 5.32 Å². The van der Waals surface area contributed by atoms with Crippen LogP contribution in [0.1, 0.15) is 39.3 Å². The van der Waals surface area contributed by atoms with E-state index in [1.807, 2.05) is 19.1 Å². The Labute approximate surface area is 110 Å². The van der Waals surface area contributed by atoms with Crippen LogP contribution in [0.4, 0.5) is 4.39 Å². The molecule has 1 N–H and O–H groups in total. The van der Waals surface area contributed by atoms with E-state index in [0.29, 0.717) is 18.6 Å². The summed E-state index contributed by atoms with van der Waals surface area (Å²) in [5.41, 5.74) is 1.10. The molecular weight excluding hydrogens is 229 g/mol. The number of hydrogen-bond donors (Lipinski definition) is 1. The average Bonchev–Trinajstić information content (AvgIpc) is 2.34. The Kier molecular flexibility index (Phi) is 6.30. The van der Waals surface area contributed by atoms with E-state index in [2.05, 4.69) is 26.1 Å². The Morgan fingerprint density at radius 2 is 1.78 bits per heavy atom. The summed E-state index contributed by atoms with van der Waals surface area (Å²) in [5, 5.41) is 3.54. The van der Waals surface area contributed by atoms with Gasteiger partial charge in [0.25, 0.3) is 0 Å². The van der Waals surface area contributed by atoms with E-state index in [0.717, 1.165) is 12.2 Å². The Balaban J connectivity index is 2.59. The fourth-order valence-electron chi connectivity index (χ4n) is 1.85. The van der Waals surface area contributed by atoms with Crippen molar-refractivity contribution in [3.8, 4) is 0 Å². The molecule has 0 aliphatic carbocycles. The Hall–Kier alpha value is -0.930. The van der Waals surface area contributed by atoms with Crippen LogP contribution in [0.3, 0.4) is 0 Å². The molecule has 1 aromatic carbocycles. The normalized spacial score (nSPS) is 14.8. The number of halogens is 1. The van der Waals surface area contributed by atoms with Gasteiger partial charge in [-0.15, -0.1) is 0 Å². The van der Waals surface area contributed by atoms with Crippen LogP contribution in [-0.4, -0.2) is 19.3 Å². The van der Waals surface area contributed by atoms with E-state index in [-0.39, 0.29) is 11.9 Å². The van der Waals surface area contributed by atoms with E-state index in [1.165, 1.54) is 12.1 Å². The molecule has 0 aromatic heterocycles. The monoisotopic (exact) mass is 253 g/mol. The minimum absolute atomic E-state index is 0.193. The third-order valence-electron chi connectivity index (χ3n) is 3.14. The first kappa shape index (κ1) is 15.1. The summed E-state index contributed by atoms with van der Waals surface area (Å²) in [7, 11) is 0. The second-order valence-corrected chi connectivity index (χ2v) is 4.95. The van der Waals surface area contributed by atoms with Crippen LogP contribution in [0.5, 0.6) is 0 Å². The lowest BCUT2D eigenvalue weighted by atomic mass is 10.0. The molecule has 0 heterocycles. The zero-order chi connectivity index (χ0) is 13.5. The van der Waals surface area contributed by atoms with Gasteiger partial charge in [0.15, 0.2) is 0 Å². The molecule has 0 aliphatic rings. The molecule has 0 bridgehead atoms. The van der Waals surface area contributed by atoms with E-state index < -0.39 is 0 Å². The van der Waals surface area contributed by atoms with Gasteiger partial charge in [-0.25, -0.2) is 4.39 Å². The number of ether oxygens (including phenoxy) is 1. The number of hydrogen-bond acceptors (Lipinski definition) is 2. The maximum Gasteiger partial charge on any atom is 0.123 e. The summed E-state index contributed by atoms with van der Waals surface area (Å²) in [6, 6.07) is 7.15. The van der Waals surface area contributed by atoms with Gasteiger partial charge in [-0.2, -0.15) is 0 Å². The summed E-state index contributed by atoms with van der Waals surface area (Å²) < 4.78 is 18.4. The first-order chi connectivity index (χ1) is 8.54. The fourth-order valence-corrected chi connectivity index (χ4v) is 1.85. The standard InChI is InChI=1S/C15H24FNO/c1-5-18-10-15(11(2)3)17-12(4)13-6-8-14(16)9-7-13/h6-9,11-12,15,17H,5,10H2,1-4H3. The van der Waals surface area contributed by atoms with Crippen LogP contribution in [-0.2, 0) is 4.74 Å². The largest absolute Gasteiger partial charge is 0.380 e. The zero-order valence-electron chi connectivity index (χ0n) is 11.7. The number of nitrogens with one attached hydrogen (secondary N) is 1. The first-order valence-corrected chi connectivity index (χ1v) is 6.63. The Morgan fingerprint density at radius 3 is 2.28 bits per heavy atom. The minimum Gasteiger partial charge on any atom is -0.380 e. The third kappa shape index (κ3) is 4.75. The number of rotatable bonds is 7. The SMILES string of the molecule is CCOCC(NC(C)c1ccc(F)cc1)C(C)C. The predicted octanol–water partition coefficient (Wildman–Crippen LogP) is 3.54. The molecule has 2 nitrogen and oxygen atoms in total. The molecule has 2 atom stereocenters. The van der Waals surface area contributed by atoms with Gasteiger partial charge in [-0.05, 0) is 37.5 Å². The second-order valence-electron chi connectivity index (χ2n) is 4.95. The van der Waals surface area contributed by atoms with Crippen molar-refractivity contribution < 1.29 is 9.13 Å². The van der Waals surface area contributed by atoms with Gasteiger partial charge in [-0.3, -0.25) is 0 Å². The molecular formula is C15H24FNO. The first-order valence-electron chi connectivity index (χ1n) is 6.63. The summed E-state index contributed by atoms with van der Waals surface area (Å²) in [4.78, 5) is 0. The van der Waals surface area contributed by atoms with E-state index >= 15 is 0 Å². The summed E-state index contributed by atoms with van der Waals surface area (Å²) in [5.74, 6) is 0.306. The van der Waals surface area contributed by atoms with Gasteiger partial charge in [0.1, 0.15) is 5.82 Å². The highest BCUT2D eigenvalue weighted by Gasteiger charge is 2.16. The summed E-state index contributed by atoms with van der Waals surface area (Å²) in [6.45, 7) is 9.88. The van der Waals surface area contributed by atoms with Crippen molar-refractivity contribution >= 4 is 0 Å². The Bertz CT molecular complexity index is 337. The smallest absolute Gasteiger partial charge is 0.123 e. The predicted molar refractivity (Wildman–Crippen MR) is 73.1 cm³/mol. The van der Waals surface area contributed by atoms with Gasteiger partial charge >= 0.3 is 0 Å². The molecule has 2 unspecified atom stereocenters. The molecule has 102 valence electrons. The van der Waals surface area contributed by atoms with Crippen LogP contribution in [0.25, 0.3) is 0 Å². The topological polar surface area (TPSA) is 21.3 Å². The number of benzene rings is 1. The maximum absolute atomic E-state index is 12.9. The van der Waals surface area contributed by atoms with Crippen LogP contribution in [0.15, 0.2) is 24.3 Å². The van der Waals surface area contributed by atoms with Crippen molar-refractivity contribution in [1.29, 1.82) is 0 Å². The molecule has 1 aromatic rings. The molecule has 0 amide bonds. The quantitative estimate of drug-likeness (QED) is 0.802. The van der Waals surface area contributed by atoms with Crippen LogP contribution in [0.2, 0.25) is 0 Å². The van der Waals surface area contributed by atoms with E-state index in [1.54, 1.807) is 0 Å². The lowest BCUT2D eigenvalue weighted by molar-refractivity contribution is 0.104. The van der Waals surface area contributed by atoms with E-state index in [9.17, 15) is 4.39 Å². The third-order valence-corrected chi connectivity index (χ3v) is 3.14. The van der Waals surface area contributed by atoms with Crippen LogP contribution < -0.4 is 5.32 Å². The van der Waals surface area contributed by atoms with Crippen molar-refractivity contribution in [2.45, 2.75) is 39.8 Å². The van der Waals surface area contributed by atoms with Gasteiger partial charge in [0, 0.05) is 18.7 Å². The van der Waals surface area contributed by atoms with Gasteiger partial charge in [0.2, 0.25) is 0 Å².